The van der Waals surface area contributed by atoms with Gasteiger partial charge in [-0.3, -0.25) is 9.59 Å². The Hall–Kier alpha value is -3.55. The Labute approximate surface area is 206 Å². The third-order valence-corrected chi connectivity index (χ3v) is 6.53. The quantitative estimate of drug-likeness (QED) is 0.346. The maximum Gasteiger partial charge on any atom is 0.243 e. The first kappa shape index (κ1) is 23.6. The summed E-state index contributed by atoms with van der Waals surface area (Å²) in [5.41, 5.74) is 1.50. The molecule has 2 atom stereocenters. The highest BCUT2D eigenvalue weighted by atomic mass is 35.5. The second-order valence-electron chi connectivity index (χ2n) is 7.37. The Morgan fingerprint density at radius 1 is 0.971 bits per heavy atom. The Morgan fingerprint density at radius 3 is 2.38 bits per heavy atom. The van der Waals surface area contributed by atoms with Crippen molar-refractivity contribution in [2.45, 2.75) is 10.8 Å². The van der Waals surface area contributed by atoms with Gasteiger partial charge in [-0.25, -0.2) is 15.0 Å². The highest BCUT2D eigenvalue weighted by molar-refractivity contribution is 6.34. The van der Waals surface area contributed by atoms with Gasteiger partial charge < -0.3 is 9.47 Å². The fourth-order valence-electron chi connectivity index (χ4n) is 3.95. The molecule has 2 unspecified atom stereocenters. The van der Waals surface area contributed by atoms with Crippen LogP contribution in [0.25, 0.3) is 5.57 Å². The number of pyridine rings is 1. The number of allylic oxidation sites excluding steroid dienone is 4. The largest absolute Gasteiger partial charge is 0.480 e. The zero-order valence-corrected chi connectivity index (χ0v) is 19.7. The van der Waals surface area contributed by atoms with E-state index < -0.39 is 10.8 Å². The zero-order valence-electron chi connectivity index (χ0n) is 18.2. The third kappa shape index (κ3) is 3.87. The summed E-state index contributed by atoms with van der Waals surface area (Å²) in [6.07, 6.45) is 8.24. The second kappa shape index (κ2) is 9.75. The van der Waals surface area contributed by atoms with Crippen molar-refractivity contribution in [2.24, 2.45) is 0 Å². The van der Waals surface area contributed by atoms with Crippen LogP contribution in [0, 0.1) is 0 Å². The monoisotopic (exact) mass is 495 g/mol. The van der Waals surface area contributed by atoms with Crippen LogP contribution in [0.4, 0.5) is 0 Å². The molecule has 1 aliphatic carbocycles. The number of nitrogens with zero attached hydrogens (tertiary/aromatic N) is 3. The van der Waals surface area contributed by atoms with E-state index in [9.17, 15) is 9.59 Å². The maximum atomic E-state index is 11.5. The summed E-state index contributed by atoms with van der Waals surface area (Å²) in [7, 11) is 2.83. The number of aromatic nitrogens is 3. The van der Waals surface area contributed by atoms with E-state index in [1.165, 1.54) is 20.4 Å². The smallest absolute Gasteiger partial charge is 0.243 e. The summed E-state index contributed by atoms with van der Waals surface area (Å²) in [6.45, 7) is 0. The number of hydrogen-bond acceptors (Lipinski definition) is 7. The molecule has 0 radical (unpaired) electrons. The normalized spacial score (nSPS) is 19.3. The van der Waals surface area contributed by atoms with Gasteiger partial charge >= 0.3 is 0 Å². The fourth-order valence-corrected chi connectivity index (χ4v) is 4.68. The Balaban J connectivity index is 2.00. The maximum absolute atomic E-state index is 11.5. The van der Waals surface area contributed by atoms with Crippen LogP contribution >= 0.6 is 23.2 Å². The summed E-state index contributed by atoms with van der Waals surface area (Å²) >= 11 is 13.7. The number of aldehydes is 2. The van der Waals surface area contributed by atoms with E-state index in [2.05, 4.69) is 15.0 Å². The molecular formula is C25H19Cl2N3O4. The van der Waals surface area contributed by atoms with Crippen LogP contribution in [0.3, 0.4) is 0 Å². The number of halogens is 2. The summed E-state index contributed by atoms with van der Waals surface area (Å²) in [6, 6.07) is 10.6. The molecule has 2 aromatic heterocycles. The molecule has 0 aliphatic heterocycles. The van der Waals surface area contributed by atoms with Crippen molar-refractivity contribution >= 4 is 41.3 Å². The molecule has 3 aromatic rings. The van der Waals surface area contributed by atoms with Gasteiger partial charge in [0.25, 0.3) is 0 Å². The number of alkyl halides is 1. The summed E-state index contributed by atoms with van der Waals surface area (Å²) < 4.78 is 10.6. The van der Waals surface area contributed by atoms with Gasteiger partial charge in [-0.2, -0.15) is 0 Å². The van der Waals surface area contributed by atoms with Crippen molar-refractivity contribution in [3.8, 4) is 11.8 Å². The topological polar surface area (TPSA) is 91.3 Å². The van der Waals surface area contributed by atoms with Crippen LogP contribution in [-0.2, 0) is 5.41 Å². The molecule has 0 amide bonds. The molecular weight excluding hydrogens is 477 g/mol. The minimum Gasteiger partial charge on any atom is -0.480 e. The molecule has 0 saturated carbocycles. The van der Waals surface area contributed by atoms with Crippen LogP contribution in [0.1, 0.15) is 37.8 Å². The van der Waals surface area contributed by atoms with Gasteiger partial charge in [0.1, 0.15) is 0 Å². The average molecular weight is 496 g/mol. The molecule has 7 nitrogen and oxygen atoms in total. The SMILES string of the molecule is COc1nc(C2(c3cnc(C=O)c(OC)n3)C=CC=C(c3ccccc3Cl)C2Cl)ccc1C=O. The van der Waals surface area contributed by atoms with E-state index in [1.54, 1.807) is 18.2 Å². The predicted octanol–water partition coefficient (Wildman–Crippen LogP) is 4.71. The molecule has 0 saturated heterocycles. The second-order valence-corrected chi connectivity index (χ2v) is 8.22. The summed E-state index contributed by atoms with van der Waals surface area (Å²) in [5, 5.41) is -0.219. The average Bonchev–Trinajstić information content (AvgIpc) is 2.88. The van der Waals surface area contributed by atoms with E-state index >= 15 is 0 Å². The molecule has 9 heteroatoms. The van der Waals surface area contributed by atoms with Gasteiger partial charge in [0.05, 0.1) is 48.2 Å². The highest BCUT2D eigenvalue weighted by Crippen LogP contribution is 2.48. The number of rotatable bonds is 7. The Bertz CT molecular complexity index is 1260. The van der Waals surface area contributed by atoms with Crippen LogP contribution < -0.4 is 9.47 Å². The number of benzene rings is 1. The van der Waals surface area contributed by atoms with Gasteiger partial charge in [0.2, 0.25) is 11.8 Å². The van der Waals surface area contributed by atoms with Crippen LogP contribution in [0.5, 0.6) is 11.8 Å². The van der Waals surface area contributed by atoms with Crippen molar-refractivity contribution < 1.29 is 19.1 Å². The standard InChI is InChI=1S/C25H19Cl2N3O4/c1-33-23-15(13-31)9-10-20(29-23)25(21-12-28-19(14-32)24(30-21)34-2)11-5-7-17(22(25)27)16-6-3-4-8-18(16)26/h3-14,22H,1-2H3. The number of hydrogen-bond donors (Lipinski definition) is 0. The molecule has 4 rings (SSSR count). The fraction of sp³-hybridized carbons (Fsp3) is 0.160. The van der Waals surface area contributed by atoms with E-state index in [0.717, 1.165) is 11.1 Å². The first-order valence-corrected chi connectivity index (χ1v) is 11.0. The van der Waals surface area contributed by atoms with Gasteiger partial charge in [-0.05, 0) is 29.3 Å². The van der Waals surface area contributed by atoms with Crippen LogP contribution in [0.2, 0.25) is 5.02 Å². The number of carbonyl (C=O) groups excluding carboxylic acids is 2. The lowest BCUT2D eigenvalue weighted by Crippen LogP contribution is -2.40. The van der Waals surface area contributed by atoms with Crippen molar-refractivity contribution in [2.75, 3.05) is 14.2 Å². The summed E-state index contributed by atoms with van der Waals surface area (Å²) in [4.78, 5) is 36.3. The molecule has 1 aromatic carbocycles. The molecule has 0 N–H and O–H groups in total. The first-order chi connectivity index (χ1) is 16.5. The van der Waals surface area contributed by atoms with Crippen molar-refractivity contribution in [3.63, 3.8) is 0 Å². The predicted molar refractivity (Wildman–Crippen MR) is 129 cm³/mol. The minimum atomic E-state index is -1.17. The first-order valence-electron chi connectivity index (χ1n) is 10.2. The Kier molecular flexibility index (Phi) is 6.77. The van der Waals surface area contributed by atoms with Crippen LogP contribution in [-0.4, -0.2) is 47.1 Å². The molecule has 2 heterocycles. The lowest BCUT2D eigenvalue weighted by atomic mass is 9.71. The lowest BCUT2D eigenvalue weighted by molar-refractivity contribution is 0.110. The minimum absolute atomic E-state index is 0.0504. The van der Waals surface area contributed by atoms with Gasteiger partial charge in [-0.1, -0.05) is 48.0 Å². The number of carbonyl (C=O) groups is 2. The highest BCUT2D eigenvalue weighted by Gasteiger charge is 2.46. The number of methoxy groups -OCH3 is 2. The van der Waals surface area contributed by atoms with E-state index in [1.807, 2.05) is 36.4 Å². The third-order valence-electron chi connectivity index (χ3n) is 5.62. The molecule has 172 valence electrons. The Morgan fingerprint density at radius 2 is 1.71 bits per heavy atom. The van der Waals surface area contributed by atoms with Crippen molar-refractivity contribution in [3.05, 3.63) is 94.1 Å². The van der Waals surface area contributed by atoms with Gasteiger partial charge in [0, 0.05) is 5.02 Å². The van der Waals surface area contributed by atoms with Gasteiger partial charge in [0.15, 0.2) is 18.3 Å². The van der Waals surface area contributed by atoms with Crippen LogP contribution in [0.15, 0.2) is 60.8 Å². The lowest BCUT2D eigenvalue weighted by Gasteiger charge is -2.38. The molecule has 34 heavy (non-hydrogen) atoms. The van der Waals surface area contributed by atoms with Crippen molar-refractivity contribution in [1.29, 1.82) is 0 Å². The van der Waals surface area contributed by atoms with E-state index in [-0.39, 0.29) is 23.0 Å². The molecule has 0 spiro atoms. The van der Waals surface area contributed by atoms with E-state index in [0.29, 0.717) is 29.0 Å². The zero-order chi connectivity index (χ0) is 24.3. The molecule has 0 bridgehead atoms. The van der Waals surface area contributed by atoms with Crippen molar-refractivity contribution in [1.82, 2.24) is 15.0 Å². The number of ether oxygens (including phenoxy) is 2. The van der Waals surface area contributed by atoms with Gasteiger partial charge in [-0.15, -0.1) is 11.6 Å². The molecule has 1 aliphatic rings. The molecule has 0 fully saturated rings. The van der Waals surface area contributed by atoms with E-state index in [4.69, 9.17) is 32.7 Å². The summed E-state index contributed by atoms with van der Waals surface area (Å²) in [5.74, 6) is 0.192.